The van der Waals surface area contributed by atoms with Gasteiger partial charge in [-0.05, 0) is 25.0 Å². The fourth-order valence-electron chi connectivity index (χ4n) is 1.19. The maximum absolute atomic E-state index is 13.1. The molecular weight excluding hydrogens is 213 g/mol. The van der Waals surface area contributed by atoms with Crippen LogP contribution in [-0.4, -0.2) is 23.8 Å². The minimum atomic E-state index is -0.670. The van der Waals surface area contributed by atoms with Crippen LogP contribution in [0.4, 0.5) is 4.39 Å². The van der Waals surface area contributed by atoms with Crippen LogP contribution in [0.25, 0.3) is 0 Å². The number of hydrogen-bond donors (Lipinski definition) is 0. The van der Waals surface area contributed by atoms with E-state index in [1.54, 1.807) is 6.92 Å². The SMILES string of the molecule is CCOC(=O)CCc1cnc(C=O)c(F)c1. The van der Waals surface area contributed by atoms with E-state index in [1.165, 1.54) is 12.3 Å². The Balaban J connectivity index is 2.58. The van der Waals surface area contributed by atoms with Crippen LogP contribution < -0.4 is 0 Å². The number of aryl methyl sites for hydroxylation is 1. The Bertz CT molecular complexity index is 393. The number of aromatic nitrogens is 1. The van der Waals surface area contributed by atoms with Crippen LogP contribution in [0.2, 0.25) is 0 Å². The van der Waals surface area contributed by atoms with Crippen LogP contribution in [0.15, 0.2) is 12.3 Å². The van der Waals surface area contributed by atoms with Gasteiger partial charge in [0.15, 0.2) is 12.1 Å². The molecule has 0 spiro atoms. The molecule has 4 nitrogen and oxygen atoms in total. The predicted octanol–water partition coefficient (Wildman–Crippen LogP) is 1.53. The highest BCUT2D eigenvalue weighted by Crippen LogP contribution is 2.08. The van der Waals surface area contributed by atoms with Crippen LogP contribution in [0.5, 0.6) is 0 Å². The van der Waals surface area contributed by atoms with Gasteiger partial charge in [0, 0.05) is 12.6 Å². The lowest BCUT2D eigenvalue weighted by Crippen LogP contribution is -2.06. The van der Waals surface area contributed by atoms with Crippen molar-refractivity contribution >= 4 is 12.3 Å². The Morgan fingerprint density at radius 3 is 2.94 bits per heavy atom. The summed E-state index contributed by atoms with van der Waals surface area (Å²) in [5.41, 5.74) is 0.344. The molecule has 5 heteroatoms. The summed E-state index contributed by atoms with van der Waals surface area (Å²) in [7, 11) is 0. The average Bonchev–Trinajstić information content (AvgIpc) is 2.27. The molecule has 0 aliphatic heterocycles. The third kappa shape index (κ3) is 3.42. The fourth-order valence-corrected chi connectivity index (χ4v) is 1.19. The number of pyridine rings is 1. The molecule has 1 aromatic heterocycles. The molecular formula is C11H12FNO3. The second kappa shape index (κ2) is 5.95. The van der Waals surface area contributed by atoms with Crippen molar-refractivity contribution in [1.82, 2.24) is 4.98 Å². The summed E-state index contributed by atoms with van der Waals surface area (Å²) in [4.78, 5) is 25.0. The first-order valence-electron chi connectivity index (χ1n) is 4.92. The van der Waals surface area contributed by atoms with E-state index < -0.39 is 5.82 Å². The van der Waals surface area contributed by atoms with Crippen LogP contribution in [-0.2, 0) is 16.0 Å². The van der Waals surface area contributed by atoms with Crippen molar-refractivity contribution in [3.05, 3.63) is 29.3 Å². The molecule has 1 heterocycles. The summed E-state index contributed by atoms with van der Waals surface area (Å²) < 4.78 is 17.8. The quantitative estimate of drug-likeness (QED) is 0.563. The number of carbonyl (C=O) groups is 2. The van der Waals surface area contributed by atoms with Crippen LogP contribution in [0.1, 0.15) is 29.4 Å². The standard InChI is InChI=1S/C11H12FNO3/c1-2-16-11(15)4-3-8-5-9(12)10(7-14)13-6-8/h5-7H,2-4H2,1H3. The minimum Gasteiger partial charge on any atom is -0.466 e. The van der Waals surface area contributed by atoms with Gasteiger partial charge in [-0.15, -0.1) is 0 Å². The number of nitrogens with zero attached hydrogens (tertiary/aromatic N) is 1. The van der Waals surface area contributed by atoms with Gasteiger partial charge >= 0.3 is 5.97 Å². The number of rotatable bonds is 5. The number of hydrogen-bond acceptors (Lipinski definition) is 4. The Morgan fingerprint density at radius 2 is 2.38 bits per heavy atom. The Kier molecular flexibility index (Phi) is 4.57. The molecule has 0 atom stereocenters. The molecule has 0 unspecified atom stereocenters. The van der Waals surface area contributed by atoms with E-state index in [0.717, 1.165) is 0 Å². The molecule has 1 aromatic rings. The highest BCUT2D eigenvalue weighted by molar-refractivity contribution is 5.72. The average molecular weight is 225 g/mol. The van der Waals surface area contributed by atoms with E-state index in [0.29, 0.717) is 24.9 Å². The maximum Gasteiger partial charge on any atom is 0.306 e. The first-order valence-corrected chi connectivity index (χ1v) is 4.92. The lowest BCUT2D eigenvalue weighted by atomic mass is 10.1. The van der Waals surface area contributed by atoms with Crippen molar-refractivity contribution in [3.8, 4) is 0 Å². The van der Waals surface area contributed by atoms with E-state index in [2.05, 4.69) is 4.98 Å². The molecule has 0 amide bonds. The van der Waals surface area contributed by atoms with Gasteiger partial charge in [-0.1, -0.05) is 0 Å². The minimum absolute atomic E-state index is 0.176. The van der Waals surface area contributed by atoms with Crippen LogP contribution in [0, 0.1) is 5.82 Å². The highest BCUT2D eigenvalue weighted by atomic mass is 19.1. The molecule has 0 aromatic carbocycles. The zero-order chi connectivity index (χ0) is 12.0. The van der Waals surface area contributed by atoms with Gasteiger partial charge in [-0.3, -0.25) is 14.6 Å². The van der Waals surface area contributed by atoms with Crippen LogP contribution >= 0.6 is 0 Å². The Hall–Kier alpha value is -1.78. The third-order valence-electron chi connectivity index (χ3n) is 1.96. The molecule has 0 aliphatic rings. The van der Waals surface area contributed by atoms with Gasteiger partial charge in [-0.25, -0.2) is 4.39 Å². The molecule has 0 saturated carbocycles. The molecule has 0 fully saturated rings. The van der Waals surface area contributed by atoms with Gasteiger partial charge in [0.2, 0.25) is 0 Å². The molecule has 0 aliphatic carbocycles. The van der Waals surface area contributed by atoms with E-state index >= 15 is 0 Å². The topological polar surface area (TPSA) is 56.3 Å². The maximum atomic E-state index is 13.1. The number of aldehydes is 1. The summed E-state index contributed by atoms with van der Waals surface area (Å²) in [5, 5.41) is 0. The van der Waals surface area contributed by atoms with E-state index in [9.17, 15) is 14.0 Å². The fraction of sp³-hybridized carbons (Fsp3) is 0.364. The number of esters is 1. The van der Waals surface area contributed by atoms with Crippen molar-refractivity contribution in [1.29, 1.82) is 0 Å². The number of carbonyl (C=O) groups excluding carboxylic acids is 2. The molecule has 0 bridgehead atoms. The van der Waals surface area contributed by atoms with Gasteiger partial charge < -0.3 is 4.74 Å². The number of halogens is 1. The lowest BCUT2D eigenvalue weighted by molar-refractivity contribution is -0.143. The van der Waals surface area contributed by atoms with Crippen molar-refractivity contribution in [2.75, 3.05) is 6.61 Å². The second-order valence-electron chi connectivity index (χ2n) is 3.13. The summed E-state index contributed by atoms with van der Waals surface area (Å²) in [6, 6.07) is 1.20. The van der Waals surface area contributed by atoms with Gasteiger partial charge in [-0.2, -0.15) is 0 Å². The zero-order valence-corrected chi connectivity index (χ0v) is 8.90. The second-order valence-corrected chi connectivity index (χ2v) is 3.13. The molecule has 86 valence electrons. The third-order valence-corrected chi connectivity index (χ3v) is 1.96. The van der Waals surface area contributed by atoms with Crippen molar-refractivity contribution in [2.45, 2.75) is 19.8 Å². The summed E-state index contributed by atoms with van der Waals surface area (Å²) in [6.45, 7) is 2.05. The zero-order valence-electron chi connectivity index (χ0n) is 8.90. The Morgan fingerprint density at radius 1 is 1.62 bits per heavy atom. The van der Waals surface area contributed by atoms with E-state index in [-0.39, 0.29) is 18.1 Å². The lowest BCUT2D eigenvalue weighted by Gasteiger charge is -2.02. The van der Waals surface area contributed by atoms with E-state index in [1.807, 2.05) is 0 Å². The number of ether oxygens (including phenoxy) is 1. The van der Waals surface area contributed by atoms with Crippen molar-refractivity contribution in [2.24, 2.45) is 0 Å². The summed E-state index contributed by atoms with van der Waals surface area (Å²) >= 11 is 0. The van der Waals surface area contributed by atoms with Gasteiger partial charge in [0.25, 0.3) is 0 Å². The van der Waals surface area contributed by atoms with Crippen molar-refractivity contribution in [3.63, 3.8) is 0 Å². The molecule has 0 N–H and O–H groups in total. The normalized spacial score (nSPS) is 9.88. The monoisotopic (exact) mass is 225 g/mol. The predicted molar refractivity (Wildman–Crippen MR) is 54.5 cm³/mol. The highest BCUT2D eigenvalue weighted by Gasteiger charge is 2.06. The molecule has 0 radical (unpaired) electrons. The Labute approximate surface area is 92.4 Å². The molecule has 16 heavy (non-hydrogen) atoms. The van der Waals surface area contributed by atoms with Gasteiger partial charge in [0.05, 0.1) is 6.61 Å². The first kappa shape index (κ1) is 12.3. The molecule has 1 rings (SSSR count). The summed E-state index contributed by atoms with van der Waals surface area (Å²) in [5.74, 6) is -1.00. The summed E-state index contributed by atoms with van der Waals surface area (Å²) in [6.07, 6.45) is 2.26. The smallest absolute Gasteiger partial charge is 0.306 e. The van der Waals surface area contributed by atoms with Crippen LogP contribution in [0.3, 0.4) is 0 Å². The van der Waals surface area contributed by atoms with Crippen molar-refractivity contribution < 1.29 is 18.7 Å². The largest absolute Gasteiger partial charge is 0.466 e. The molecule has 0 saturated heterocycles. The van der Waals surface area contributed by atoms with Gasteiger partial charge in [0.1, 0.15) is 5.69 Å². The first-order chi connectivity index (χ1) is 7.67. The van der Waals surface area contributed by atoms with E-state index in [4.69, 9.17) is 4.74 Å².